The maximum absolute atomic E-state index is 10.7. The number of non-ortho nitro benzene ring substituents is 2. The lowest BCUT2D eigenvalue weighted by atomic mass is 10.1. The maximum Gasteiger partial charge on any atom is 0.277 e. The van der Waals surface area contributed by atoms with E-state index in [2.05, 4.69) is 10.3 Å². The Labute approximate surface area is 95.3 Å². The van der Waals surface area contributed by atoms with Gasteiger partial charge in [-0.2, -0.15) is 0 Å². The fraction of sp³-hybridized carbons (Fsp3) is 0.222. The second kappa shape index (κ2) is 4.16. The molecule has 0 spiro atoms. The summed E-state index contributed by atoms with van der Waals surface area (Å²) in [6.07, 6.45) is 0. The first-order chi connectivity index (χ1) is 8.08. The Kier molecular flexibility index (Phi) is 2.69. The molecule has 8 heteroatoms. The van der Waals surface area contributed by atoms with Crippen molar-refractivity contribution >= 4 is 17.2 Å². The van der Waals surface area contributed by atoms with Crippen molar-refractivity contribution in [2.24, 2.45) is 4.99 Å². The Hall–Kier alpha value is -2.51. The summed E-state index contributed by atoms with van der Waals surface area (Å²) in [6.45, 7) is 1.19. The SMILES string of the molecule is O=[N+]([O-])c1cc(C2=NCCN2)cc([N+](=O)[O-])c1. The average Bonchev–Trinajstić information content (AvgIpc) is 2.81. The van der Waals surface area contributed by atoms with Gasteiger partial charge in [-0.3, -0.25) is 25.2 Å². The van der Waals surface area contributed by atoms with Crippen molar-refractivity contribution in [3.05, 3.63) is 44.0 Å². The molecular weight excluding hydrogens is 228 g/mol. The van der Waals surface area contributed by atoms with Crippen molar-refractivity contribution in [3.8, 4) is 0 Å². The van der Waals surface area contributed by atoms with Gasteiger partial charge in [0.25, 0.3) is 11.4 Å². The fourth-order valence-corrected chi connectivity index (χ4v) is 1.53. The maximum atomic E-state index is 10.7. The Morgan fingerprint density at radius 3 is 2.12 bits per heavy atom. The van der Waals surface area contributed by atoms with Crippen molar-refractivity contribution in [1.82, 2.24) is 5.32 Å². The van der Waals surface area contributed by atoms with Crippen LogP contribution in [0.3, 0.4) is 0 Å². The molecule has 0 fully saturated rings. The molecule has 0 amide bonds. The Morgan fingerprint density at radius 2 is 1.71 bits per heavy atom. The van der Waals surface area contributed by atoms with E-state index in [1.807, 2.05) is 0 Å². The summed E-state index contributed by atoms with van der Waals surface area (Å²) in [5.41, 5.74) is -0.264. The Morgan fingerprint density at radius 1 is 1.12 bits per heavy atom. The van der Waals surface area contributed by atoms with Crippen molar-refractivity contribution in [2.45, 2.75) is 0 Å². The number of nitro groups is 2. The lowest BCUT2D eigenvalue weighted by Gasteiger charge is -2.02. The zero-order valence-corrected chi connectivity index (χ0v) is 8.62. The monoisotopic (exact) mass is 236 g/mol. The number of amidine groups is 1. The van der Waals surface area contributed by atoms with Crippen LogP contribution in [0.5, 0.6) is 0 Å². The summed E-state index contributed by atoms with van der Waals surface area (Å²) >= 11 is 0. The zero-order chi connectivity index (χ0) is 12.4. The molecule has 0 bridgehead atoms. The fourth-order valence-electron chi connectivity index (χ4n) is 1.53. The van der Waals surface area contributed by atoms with Crippen LogP contribution in [-0.2, 0) is 0 Å². The number of nitro benzene ring substituents is 2. The van der Waals surface area contributed by atoms with E-state index in [1.54, 1.807) is 0 Å². The molecule has 0 saturated heterocycles. The first-order valence-corrected chi connectivity index (χ1v) is 4.80. The molecule has 17 heavy (non-hydrogen) atoms. The van der Waals surface area contributed by atoms with Gasteiger partial charge in [-0.15, -0.1) is 0 Å². The molecule has 0 aliphatic carbocycles. The largest absolute Gasteiger partial charge is 0.368 e. The molecule has 0 radical (unpaired) electrons. The van der Waals surface area contributed by atoms with E-state index in [-0.39, 0.29) is 11.4 Å². The number of nitrogens with zero attached hydrogens (tertiary/aromatic N) is 3. The summed E-state index contributed by atoms with van der Waals surface area (Å²) < 4.78 is 0. The minimum atomic E-state index is -0.661. The molecule has 0 saturated carbocycles. The van der Waals surface area contributed by atoms with Crippen LogP contribution in [-0.4, -0.2) is 28.8 Å². The molecular formula is C9H8N4O4. The summed E-state index contributed by atoms with van der Waals surface area (Å²) in [6, 6.07) is 3.47. The van der Waals surface area contributed by atoms with E-state index < -0.39 is 9.85 Å². The van der Waals surface area contributed by atoms with Gasteiger partial charge < -0.3 is 5.32 Å². The first-order valence-electron chi connectivity index (χ1n) is 4.80. The summed E-state index contributed by atoms with van der Waals surface area (Å²) in [4.78, 5) is 24.1. The van der Waals surface area contributed by atoms with Crippen molar-refractivity contribution in [2.75, 3.05) is 13.1 Å². The van der Waals surface area contributed by atoms with E-state index in [1.165, 1.54) is 12.1 Å². The van der Waals surface area contributed by atoms with Crippen molar-refractivity contribution in [3.63, 3.8) is 0 Å². The second-order valence-corrected chi connectivity index (χ2v) is 3.41. The molecule has 1 aliphatic heterocycles. The normalized spacial score (nSPS) is 14.0. The van der Waals surface area contributed by atoms with E-state index in [0.717, 1.165) is 6.07 Å². The highest BCUT2D eigenvalue weighted by Crippen LogP contribution is 2.23. The van der Waals surface area contributed by atoms with Gasteiger partial charge in [0.2, 0.25) is 0 Å². The first kappa shape index (κ1) is 11.0. The third-order valence-corrected chi connectivity index (χ3v) is 2.27. The predicted molar refractivity (Wildman–Crippen MR) is 59.2 cm³/mol. The number of nitrogens with one attached hydrogen (secondary N) is 1. The highest BCUT2D eigenvalue weighted by molar-refractivity contribution is 6.00. The van der Waals surface area contributed by atoms with Crippen molar-refractivity contribution < 1.29 is 9.85 Å². The number of hydrogen-bond acceptors (Lipinski definition) is 6. The second-order valence-electron chi connectivity index (χ2n) is 3.41. The third kappa shape index (κ3) is 2.19. The molecule has 88 valence electrons. The molecule has 1 N–H and O–H groups in total. The van der Waals surface area contributed by atoms with Gasteiger partial charge in [0.05, 0.1) is 22.5 Å². The van der Waals surface area contributed by atoms with Gasteiger partial charge in [-0.25, -0.2) is 0 Å². The van der Waals surface area contributed by atoms with Gasteiger partial charge in [-0.05, 0) is 0 Å². The predicted octanol–water partition coefficient (Wildman–Crippen LogP) is 0.853. The van der Waals surface area contributed by atoms with E-state index in [0.29, 0.717) is 24.5 Å². The van der Waals surface area contributed by atoms with Gasteiger partial charge in [0.1, 0.15) is 5.84 Å². The van der Waals surface area contributed by atoms with Crippen LogP contribution in [0.4, 0.5) is 11.4 Å². The van der Waals surface area contributed by atoms with Gasteiger partial charge >= 0.3 is 0 Å². The minimum Gasteiger partial charge on any atom is -0.368 e. The van der Waals surface area contributed by atoms with Gasteiger partial charge in [0.15, 0.2) is 0 Å². The summed E-state index contributed by atoms with van der Waals surface area (Å²) in [5.74, 6) is 0.455. The van der Waals surface area contributed by atoms with Gasteiger partial charge in [0, 0.05) is 24.2 Å². The minimum absolute atomic E-state index is 0.314. The number of rotatable bonds is 3. The zero-order valence-electron chi connectivity index (χ0n) is 8.62. The van der Waals surface area contributed by atoms with Crippen molar-refractivity contribution in [1.29, 1.82) is 0 Å². The molecule has 1 aromatic rings. The molecule has 1 heterocycles. The van der Waals surface area contributed by atoms with Crippen LogP contribution >= 0.6 is 0 Å². The van der Waals surface area contributed by atoms with E-state index in [9.17, 15) is 20.2 Å². The Bertz CT molecular complexity index is 493. The lowest BCUT2D eigenvalue weighted by Crippen LogP contribution is -2.19. The highest BCUT2D eigenvalue weighted by Gasteiger charge is 2.19. The Balaban J connectivity index is 2.51. The third-order valence-electron chi connectivity index (χ3n) is 2.27. The summed E-state index contributed by atoms with van der Waals surface area (Å²) in [5, 5.41) is 24.2. The molecule has 1 aliphatic rings. The number of aliphatic imine (C=N–C) groups is 1. The molecule has 2 rings (SSSR count). The topological polar surface area (TPSA) is 111 Å². The average molecular weight is 236 g/mol. The molecule has 0 atom stereocenters. The number of hydrogen-bond donors (Lipinski definition) is 1. The van der Waals surface area contributed by atoms with E-state index >= 15 is 0 Å². The summed E-state index contributed by atoms with van der Waals surface area (Å²) in [7, 11) is 0. The number of benzene rings is 1. The lowest BCUT2D eigenvalue weighted by molar-refractivity contribution is -0.394. The molecule has 1 aromatic carbocycles. The van der Waals surface area contributed by atoms with E-state index in [4.69, 9.17) is 0 Å². The molecule has 0 unspecified atom stereocenters. The smallest absolute Gasteiger partial charge is 0.277 e. The van der Waals surface area contributed by atoms with Crippen LogP contribution in [0.25, 0.3) is 0 Å². The van der Waals surface area contributed by atoms with Gasteiger partial charge in [-0.1, -0.05) is 0 Å². The quantitative estimate of drug-likeness (QED) is 0.617. The van der Waals surface area contributed by atoms with Crippen LogP contribution in [0.15, 0.2) is 23.2 Å². The molecule has 0 aromatic heterocycles. The standard InChI is InChI=1S/C9H8N4O4/c14-12(15)7-3-6(9-10-1-2-11-9)4-8(5-7)13(16)17/h3-5H,1-2H2,(H,10,11). The van der Waals surface area contributed by atoms with Crippen LogP contribution < -0.4 is 5.32 Å². The van der Waals surface area contributed by atoms with Crippen LogP contribution in [0.2, 0.25) is 0 Å². The highest BCUT2D eigenvalue weighted by atomic mass is 16.6. The van der Waals surface area contributed by atoms with Crippen LogP contribution in [0.1, 0.15) is 5.56 Å². The van der Waals surface area contributed by atoms with Crippen LogP contribution in [0, 0.1) is 20.2 Å². The molecule has 8 nitrogen and oxygen atoms in total.